The van der Waals surface area contributed by atoms with Crippen molar-refractivity contribution >= 4 is 29.1 Å². The molecule has 1 unspecified atom stereocenters. The number of hydrogen-bond donors (Lipinski definition) is 3. The molecule has 7 heteroatoms. The molecule has 0 spiro atoms. The molecule has 0 aromatic heterocycles. The number of carbonyl (C=O) groups is 2. The topological polar surface area (TPSA) is 71.9 Å². The number of ether oxygens (including phenoxy) is 1. The first-order chi connectivity index (χ1) is 13.8. The first-order valence-corrected chi connectivity index (χ1v) is 10.0. The van der Waals surface area contributed by atoms with Crippen molar-refractivity contribution in [3.63, 3.8) is 0 Å². The summed E-state index contributed by atoms with van der Waals surface area (Å²) in [5, 5.41) is 6.27. The lowest BCUT2D eigenvalue weighted by Gasteiger charge is -2.18. The molecule has 156 valence electrons. The Morgan fingerprint density at radius 1 is 1.10 bits per heavy atom. The molecule has 0 fully saturated rings. The van der Waals surface area contributed by atoms with E-state index in [4.69, 9.17) is 16.3 Å². The Balaban J connectivity index is 1.84. The Morgan fingerprint density at radius 3 is 2.38 bits per heavy atom. The maximum absolute atomic E-state index is 12.3. The van der Waals surface area contributed by atoms with Gasteiger partial charge >= 0.3 is 0 Å². The summed E-state index contributed by atoms with van der Waals surface area (Å²) in [7, 11) is 3.33. The summed E-state index contributed by atoms with van der Waals surface area (Å²) in [6.45, 7) is 4.39. The third-order valence-electron chi connectivity index (χ3n) is 4.63. The first-order valence-electron chi connectivity index (χ1n) is 9.65. The van der Waals surface area contributed by atoms with E-state index in [9.17, 15) is 9.59 Å². The molecule has 0 aliphatic heterocycles. The van der Waals surface area contributed by atoms with Gasteiger partial charge in [-0.05, 0) is 42.7 Å². The summed E-state index contributed by atoms with van der Waals surface area (Å²) in [5.41, 5.74) is 2.82. The van der Waals surface area contributed by atoms with Gasteiger partial charge in [0.05, 0.1) is 25.9 Å². The molecule has 0 aliphatic carbocycles. The van der Waals surface area contributed by atoms with Crippen LogP contribution < -0.4 is 20.3 Å². The van der Waals surface area contributed by atoms with Gasteiger partial charge in [0.15, 0.2) is 13.1 Å². The van der Waals surface area contributed by atoms with Crippen molar-refractivity contribution in [1.82, 2.24) is 5.32 Å². The molecular formula is C22H29ClN3O3+. The number of methoxy groups -OCH3 is 1. The molecule has 2 aromatic rings. The molecule has 6 nitrogen and oxygen atoms in total. The Kier molecular flexibility index (Phi) is 8.49. The third-order valence-corrected chi connectivity index (χ3v) is 4.86. The van der Waals surface area contributed by atoms with Gasteiger partial charge in [-0.1, -0.05) is 42.8 Å². The average molecular weight is 419 g/mol. The number of aryl methyl sites for hydroxylation is 1. The molecule has 0 aliphatic rings. The van der Waals surface area contributed by atoms with Crippen LogP contribution in [0, 0.1) is 0 Å². The van der Waals surface area contributed by atoms with Crippen LogP contribution in [0.1, 0.15) is 31.0 Å². The number of carbonyl (C=O) groups excluding carboxylic acids is 2. The zero-order chi connectivity index (χ0) is 21.4. The van der Waals surface area contributed by atoms with E-state index in [1.165, 1.54) is 12.7 Å². The molecule has 0 saturated heterocycles. The standard InChI is InChI=1S/C22H28ClN3O3/c1-5-16-6-8-17(9-7-16)15(2)24-21(27)13-26(3)14-22(28)25-19-12-18(23)10-11-20(19)29-4/h6-12,15H,5,13-14H2,1-4H3,(H,24,27)(H,25,28)/p+1/t15-/m1/s1. The highest BCUT2D eigenvalue weighted by molar-refractivity contribution is 6.31. The molecule has 0 bridgehead atoms. The zero-order valence-corrected chi connectivity index (χ0v) is 18.1. The van der Waals surface area contributed by atoms with Crippen LogP contribution in [-0.2, 0) is 16.0 Å². The number of quaternary nitrogens is 1. The van der Waals surface area contributed by atoms with Crippen molar-refractivity contribution in [2.75, 3.05) is 32.6 Å². The van der Waals surface area contributed by atoms with Crippen LogP contribution in [0.15, 0.2) is 42.5 Å². The van der Waals surface area contributed by atoms with Crippen molar-refractivity contribution in [2.24, 2.45) is 0 Å². The fourth-order valence-corrected chi connectivity index (χ4v) is 3.17. The van der Waals surface area contributed by atoms with E-state index in [0.717, 1.165) is 16.9 Å². The summed E-state index contributed by atoms with van der Waals surface area (Å²) in [6.07, 6.45) is 0.984. The number of rotatable bonds is 9. The summed E-state index contributed by atoms with van der Waals surface area (Å²) < 4.78 is 5.23. The lowest BCUT2D eigenvalue weighted by molar-refractivity contribution is -0.862. The van der Waals surface area contributed by atoms with Gasteiger partial charge in [0.2, 0.25) is 0 Å². The second kappa shape index (κ2) is 10.8. The molecule has 0 heterocycles. The van der Waals surface area contributed by atoms with Crippen molar-refractivity contribution in [2.45, 2.75) is 26.3 Å². The van der Waals surface area contributed by atoms with Crippen LogP contribution in [0.5, 0.6) is 5.75 Å². The first kappa shape index (κ1) is 22.7. The minimum Gasteiger partial charge on any atom is -0.495 e. The van der Waals surface area contributed by atoms with E-state index in [0.29, 0.717) is 16.5 Å². The van der Waals surface area contributed by atoms with E-state index in [2.05, 4.69) is 29.7 Å². The molecular weight excluding hydrogens is 390 g/mol. The smallest absolute Gasteiger partial charge is 0.279 e. The van der Waals surface area contributed by atoms with Crippen molar-refractivity contribution in [3.05, 3.63) is 58.6 Å². The highest BCUT2D eigenvalue weighted by Crippen LogP contribution is 2.27. The van der Waals surface area contributed by atoms with Gasteiger partial charge in [-0.3, -0.25) is 9.59 Å². The molecule has 0 radical (unpaired) electrons. The summed E-state index contributed by atoms with van der Waals surface area (Å²) in [4.78, 5) is 25.4. The number of benzene rings is 2. The van der Waals surface area contributed by atoms with Crippen LogP contribution in [-0.4, -0.2) is 39.1 Å². The molecule has 0 saturated carbocycles. The molecule has 3 N–H and O–H groups in total. The lowest BCUT2D eigenvalue weighted by Crippen LogP contribution is -3.11. The summed E-state index contributed by atoms with van der Waals surface area (Å²) in [6, 6.07) is 13.1. The Bertz CT molecular complexity index is 840. The second-order valence-corrected chi connectivity index (χ2v) is 7.52. The van der Waals surface area contributed by atoms with Gasteiger partial charge in [0.1, 0.15) is 5.75 Å². The highest BCUT2D eigenvalue weighted by Gasteiger charge is 2.17. The van der Waals surface area contributed by atoms with Gasteiger partial charge in [0.25, 0.3) is 11.8 Å². The fraction of sp³-hybridized carbons (Fsp3) is 0.364. The molecule has 2 aromatic carbocycles. The maximum atomic E-state index is 12.3. The number of likely N-dealkylation sites (N-methyl/N-ethyl adjacent to an activating group) is 1. The normalized spacial score (nSPS) is 12.7. The second-order valence-electron chi connectivity index (χ2n) is 7.09. The quantitative estimate of drug-likeness (QED) is 0.584. The summed E-state index contributed by atoms with van der Waals surface area (Å²) >= 11 is 5.98. The van der Waals surface area contributed by atoms with Gasteiger partial charge in [-0.25, -0.2) is 0 Å². The predicted octanol–water partition coefficient (Wildman–Crippen LogP) is 2.24. The van der Waals surface area contributed by atoms with Crippen molar-refractivity contribution in [3.8, 4) is 5.75 Å². The molecule has 2 atom stereocenters. The predicted molar refractivity (Wildman–Crippen MR) is 116 cm³/mol. The summed E-state index contributed by atoms with van der Waals surface area (Å²) in [5.74, 6) is 0.197. The lowest BCUT2D eigenvalue weighted by atomic mass is 10.1. The third kappa shape index (κ3) is 7.07. The number of hydrogen-bond acceptors (Lipinski definition) is 3. The van der Waals surface area contributed by atoms with Crippen LogP contribution in [0.4, 0.5) is 5.69 Å². The number of halogens is 1. The number of amides is 2. The van der Waals surface area contributed by atoms with Crippen LogP contribution in [0.2, 0.25) is 5.02 Å². The van der Waals surface area contributed by atoms with E-state index in [1.54, 1.807) is 25.2 Å². The number of anilines is 1. The molecule has 29 heavy (non-hydrogen) atoms. The maximum Gasteiger partial charge on any atom is 0.279 e. The van der Waals surface area contributed by atoms with Gasteiger partial charge in [-0.15, -0.1) is 0 Å². The monoisotopic (exact) mass is 418 g/mol. The Hall–Kier alpha value is -2.57. The van der Waals surface area contributed by atoms with E-state index in [1.807, 2.05) is 19.1 Å². The van der Waals surface area contributed by atoms with Gasteiger partial charge < -0.3 is 20.3 Å². The van der Waals surface area contributed by atoms with Crippen molar-refractivity contribution < 1.29 is 19.2 Å². The molecule has 2 rings (SSSR count). The largest absolute Gasteiger partial charge is 0.495 e. The van der Waals surface area contributed by atoms with Crippen LogP contribution >= 0.6 is 11.6 Å². The SMILES string of the molecule is CCc1ccc([C@@H](C)NC(=O)C[NH+](C)CC(=O)Nc2cc(Cl)ccc2OC)cc1. The molecule has 2 amide bonds. The van der Waals surface area contributed by atoms with Crippen LogP contribution in [0.3, 0.4) is 0 Å². The fourth-order valence-electron chi connectivity index (χ4n) is 3.00. The van der Waals surface area contributed by atoms with Gasteiger partial charge in [-0.2, -0.15) is 0 Å². The minimum absolute atomic E-state index is 0.0919. The van der Waals surface area contributed by atoms with Crippen molar-refractivity contribution in [1.29, 1.82) is 0 Å². The van der Waals surface area contributed by atoms with Crippen LogP contribution in [0.25, 0.3) is 0 Å². The van der Waals surface area contributed by atoms with E-state index < -0.39 is 0 Å². The van der Waals surface area contributed by atoms with E-state index >= 15 is 0 Å². The Morgan fingerprint density at radius 2 is 1.76 bits per heavy atom. The average Bonchev–Trinajstić information content (AvgIpc) is 2.67. The minimum atomic E-state index is -0.223. The zero-order valence-electron chi connectivity index (χ0n) is 17.3. The highest BCUT2D eigenvalue weighted by atomic mass is 35.5. The van der Waals surface area contributed by atoms with Gasteiger partial charge in [0, 0.05) is 5.02 Å². The van der Waals surface area contributed by atoms with E-state index in [-0.39, 0.29) is 30.9 Å². The number of nitrogens with one attached hydrogen (secondary N) is 3. The Labute approximate surface area is 177 Å².